The van der Waals surface area contributed by atoms with Gasteiger partial charge >= 0.3 is 5.97 Å². The molecule has 0 saturated heterocycles. The fraction of sp³-hybridized carbons (Fsp3) is 0.938. The van der Waals surface area contributed by atoms with Gasteiger partial charge in [-0.3, -0.25) is 9.35 Å². The molecule has 0 aromatic rings. The van der Waals surface area contributed by atoms with Gasteiger partial charge in [-0.2, -0.15) is 8.42 Å². The summed E-state index contributed by atoms with van der Waals surface area (Å²) in [6.45, 7) is 7.89. The molecule has 5 nitrogen and oxygen atoms in total. The fourth-order valence-electron chi connectivity index (χ4n) is 2.80. The van der Waals surface area contributed by atoms with Crippen molar-refractivity contribution in [2.45, 2.75) is 96.0 Å². The van der Waals surface area contributed by atoms with E-state index in [0.29, 0.717) is 0 Å². The lowest BCUT2D eigenvalue weighted by atomic mass is 10.3. The number of hydrogen-bond donors (Lipinski definition) is 1. The summed E-state index contributed by atoms with van der Waals surface area (Å²) in [6, 6.07) is 2.66. The van der Waals surface area contributed by atoms with Gasteiger partial charge in [-0.25, -0.2) is 0 Å². The molecule has 0 aromatic heterocycles. The fourth-order valence-corrected chi connectivity index (χ4v) is 8.22. The second-order valence-corrected chi connectivity index (χ2v) is 12.0. The smallest absolute Gasteiger partial charge is 0.313 e. The highest BCUT2D eigenvalue weighted by molar-refractivity contribution is 7.87. The van der Waals surface area contributed by atoms with Gasteiger partial charge in [0.2, 0.25) is 0 Å². The van der Waals surface area contributed by atoms with Crippen LogP contribution in [0.2, 0.25) is 18.1 Å². The SMILES string of the molecule is CCCC[Si](CCCC)(CCCC)OC(=O)C(CC)S(=O)(=O)O. The molecule has 0 rings (SSSR count). The number of unbranched alkanes of at least 4 members (excludes halogenated alkanes) is 3. The van der Waals surface area contributed by atoms with Gasteiger partial charge in [0.25, 0.3) is 18.4 Å². The summed E-state index contributed by atoms with van der Waals surface area (Å²) in [5.41, 5.74) is 0. The van der Waals surface area contributed by atoms with E-state index in [1.807, 2.05) is 0 Å². The van der Waals surface area contributed by atoms with Crippen LogP contribution in [0.15, 0.2) is 0 Å². The molecule has 23 heavy (non-hydrogen) atoms. The van der Waals surface area contributed by atoms with Crippen LogP contribution in [0.5, 0.6) is 0 Å². The first kappa shape index (κ1) is 22.6. The molecule has 0 aliphatic rings. The zero-order valence-corrected chi connectivity index (χ0v) is 17.0. The zero-order valence-electron chi connectivity index (χ0n) is 15.1. The third-order valence-electron chi connectivity index (χ3n) is 4.27. The topological polar surface area (TPSA) is 80.7 Å². The van der Waals surface area contributed by atoms with Crippen molar-refractivity contribution in [1.29, 1.82) is 0 Å². The van der Waals surface area contributed by atoms with Crippen molar-refractivity contribution >= 4 is 24.4 Å². The van der Waals surface area contributed by atoms with E-state index in [0.717, 1.165) is 56.7 Å². The lowest BCUT2D eigenvalue weighted by molar-refractivity contribution is -0.135. The number of carbonyl (C=O) groups is 1. The summed E-state index contributed by atoms with van der Waals surface area (Å²) < 4.78 is 37.9. The van der Waals surface area contributed by atoms with Crippen molar-refractivity contribution in [3.8, 4) is 0 Å². The molecule has 0 aromatic carbocycles. The van der Waals surface area contributed by atoms with Gasteiger partial charge in [0.05, 0.1) is 0 Å². The molecule has 1 unspecified atom stereocenters. The Morgan fingerprint density at radius 2 is 1.35 bits per heavy atom. The Morgan fingerprint density at radius 1 is 0.957 bits per heavy atom. The standard InChI is InChI=1S/C16H34O5SSi/c1-5-9-12-23(13-10-6-2,14-11-7-3)21-16(17)15(8-4)22(18,19)20/h15H,5-14H2,1-4H3,(H,18,19,20). The van der Waals surface area contributed by atoms with Crippen LogP contribution in [-0.2, 0) is 19.3 Å². The zero-order chi connectivity index (χ0) is 17.9. The minimum atomic E-state index is -4.40. The highest BCUT2D eigenvalue weighted by atomic mass is 32.2. The van der Waals surface area contributed by atoms with Gasteiger partial charge < -0.3 is 4.43 Å². The van der Waals surface area contributed by atoms with Gasteiger partial charge in [-0.15, -0.1) is 0 Å². The average Bonchev–Trinajstić information content (AvgIpc) is 2.47. The first-order valence-corrected chi connectivity index (χ1v) is 13.0. The Labute approximate surface area is 143 Å². The van der Waals surface area contributed by atoms with Gasteiger partial charge in [0.15, 0.2) is 5.25 Å². The van der Waals surface area contributed by atoms with E-state index in [-0.39, 0.29) is 6.42 Å². The van der Waals surface area contributed by atoms with Crippen molar-refractivity contribution in [3.63, 3.8) is 0 Å². The van der Waals surface area contributed by atoms with Crippen LogP contribution in [-0.4, -0.2) is 32.5 Å². The van der Waals surface area contributed by atoms with Crippen molar-refractivity contribution in [1.82, 2.24) is 0 Å². The van der Waals surface area contributed by atoms with Crippen molar-refractivity contribution in [3.05, 3.63) is 0 Å². The van der Waals surface area contributed by atoms with Crippen LogP contribution in [0.25, 0.3) is 0 Å². The van der Waals surface area contributed by atoms with Gasteiger partial charge in [-0.1, -0.05) is 66.2 Å². The maximum Gasteiger partial charge on any atom is 0.313 e. The van der Waals surface area contributed by atoms with E-state index in [1.54, 1.807) is 6.92 Å². The lowest BCUT2D eigenvalue weighted by Crippen LogP contribution is -2.44. The van der Waals surface area contributed by atoms with Crippen LogP contribution in [0, 0.1) is 0 Å². The quantitative estimate of drug-likeness (QED) is 0.382. The molecule has 1 N–H and O–H groups in total. The van der Waals surface area contributed by atoms with Crippen LogP contribution < -0.4 is 0 Å². The summed E-state index contributed by atoms with van der Waals surface area (Å²) in [5.74, 6) is -0.745. The van der Waals surface area contributed by atoms with E-state index in [2.05, 4.69) is 20.8 Å². The Hall–Kier alpha value is -0.403. The highest BCUT2D eigenvalue weighted by Gasteiger charge is 2.41. The monoisotopic (exact) mass is 366 g/mol. The van der Waals surface area contributed by atoms with Crippen LogP contribution >= 0.6 is 0 Å². The van der Waals surface area contributed by atoms with E-state index >= 15 is 0 Å². The predicted octanol–water partition coefficient (Wildman–Crippen LogP) is 4.54. The average molecular weight is 367 g/mol. The van der Waals surface area contributed by atoms with Crippen LogP contribution in [0.3, 0.4) is 0 Å². The summed E-state index contributed by atoms with van der Waals surface area (Å²) >= 11 is 0. The Kier molecular flexibility index (Phi) is 11.0. The Balaban J connectivity index is 5.31. The molecule has 0 aliphatic carbocycles. The number of hydrogen-bond acceptors (Lipinski definition) is 4. The van der Waals surface area contributed by atoms with Crippen molar-refractivity contribution < 1.29 is 22.2 Å². The first-order valence-electron chi connectivity index (χ1n) is 8.95. The van der Waals surface area contributed by atoms with Crippen LogP contribution in [0.4, 0.5) is 0 Å². The van der Waals surface area contributed by atoms with Crippen molar-refractivity contribution in [2.24, 2.45) is 0 Å². The maximum absolute atomic E-state index is 12.4. The molecule has 0 saturated carbocycles. The molecule has 0 aliphatic heterocycles. The Morgan fingerprint density at radius 3 is 1.61 bits per heavy atom. The largest absolute Gasteiger partial charge is 0.518 e. The normalized spacial score (nSPS) is 13.8. The second-order valence-electron chi connectivity index (χ2n) is 6.33. The summed E-state index contributed by atoms with van der Waals surface area (Å²) in [6.07, 6.45) is 6.11. The van der Waals surface area contributed by atoms with Gasteiger partial charge in [0.1, 0.15) is 0 Å². The molecule has 0 amide bonds. The third kappa shape index (κ3) is 8.31. The van der Waals surface area contributed by atoms with E-state index in [1.165, 1.54) is 0 Å². The molecule has 0 spiro atoms. The van der Waals surface area contributed by atoms with E-state index in [9.17, 15) is 17.8 Å². The minimum absolute atomic E-state index is 0.0392. The van der Waals surface area contributed by atoms with E-state index < -0.39 is 29.7 Å². The molecular weight excluding hydrogens is 332 g/mol. The molecular formula is C16H34O5SSi. The molecule has 0 bridgehead atoms. The van der Waals surface area contributed by atoms with Crippen molar-refractivity contribution in [2.75, 3.05) is 0 Å². The third-order valence-corrected chi connectivity index (χ3v) is 9.94. The summed E-state index contributed by atoms with van der Waals surface area (Å²) in [5, 5.41) is -1.45. The number of carbonyl (C=O) groups excluding carboxylic acids is 1. The molecule has 0 radical (unpaired) electrons. The van der Waals surface area contributed by atoms with Gasteiger partial charge in [-0.05, 0) is 24.6 Å². The molecule has 0 fully saturated rings. The number of rotatable bonds is 13. The lowest BCUT2D eigenvalue weighted by Gasteiger charge is -2.32. The summed E-state index contributed by atoms with van der Waals surface area (Å²) in [7, 11) is -6.70. The molecule has 0 heterocycles. The predicted molar refractivity (Wildman–Crippen MR) is 96.6 cm³/mol. The first-order chi connectivity index (χ1) is 10.8. The highest BCUT2D eigenvalue weighted by Crippen LogP contribution is 2.30. The van der Waals surface area contributed by atoms with Gasteiger partial charge in [0, 0.05) is 0 Å². The molecule has 138 valence electrons. The molecule has 1 atom stereocenters. The Bertz CT molecular complexity index is 414. The molecule has 7 heteroatoms. The second kappa shape index (κ2) is 11.2. The van der Waals surface area contributed by atoms with Crippen LogP contribution in [0.1, 0.15) is 72.6 Å². The maximum atomic E-state index is 12.4. The van der Waals surface area contributed by atoms with E-state index in [4.69, 9.17) is 4.43 Å². The summed E-state index contributed by atoms with van der Waals surface area (Å²) in [4.78, 5) is 12.4. The minimum Gasteiger partial charge on any atom is -0.518 e.